The van der Waals surface area contributed by atoms with E-state index in [4.69, 9.17) is 16.9 Å². The van der Waals surface area contributed by atoms with Gasteiger partial charge in [-0.25, -0.2) is 0 Å². The van der Waals surface area contributed by atoms with Crippen LogP contribution in [0.3, 0.4) is 0 Å². The number of aliphatic hydroxyl groups excluding tert-OH is 1. The maximum atomic E-state index is 9.31. The molecule has 0 amide bonds. The number of nitriles is 1. The molecule has 3 nitrogen and oxygen atoms in total. The molecule has 0 fully saturated rings. The van der Waals surface area contributed by atoms with Gasteiger partial charge in [0.05, 0.1) is 28.9 Å². The summed E-state index contributed by atoms with van der Waals surface area (Å²) in [6, 6.07) is 7.17. The van der Waals surface area contributed by atoms with Gasteiger partial charge in [-0.05, 0) is 24.6 Å². The summed E-state index contributed by atoms with van der Waals surface area (Å²) in [5.41, 5.74) is 1.13. The van der Waals surface area contributed by atoms with Gasteiger partial charge in [0.1, 0.15) is 0 Å². The Morgan fingerprint density at radius 3 is 2.76 bits per heavy atom. The van der Waals surface area contributed by atoms with E-state index in [0.717, 1.165) is 12.1 Å². The second-order valence-electron chi connectivity index (χ2n) is 4.48. The minimum atomic E-state index is -0.175. The summed E-state index contributed by atoms with van der Waals surface area (Å²) in [6.07, 6.45) is 0.867. The number of benzene rings is 1. The molecule has 0 aliphatic carbocycles. The average molecular weight is 253 g/mol. The second kappa shape index (κ2) is 5.90. The molecule has 92 valence electrons. The first-order chi connectivity index (χ1) is 8.04. The van der Waals surface area contributed by atoms with Crippen molar-refractivity contribution in [1.82, 2.24) is 0 Å². The third kappa shape index (κ3) is 3.62. The van der Waals surface area contributed by atoms with Gasteiger partial charge in [-0.1, -0.05) is 25.4 Å². The molecule has 0 aliphatic heterocycles. The number of nitrogens with zero attached hydrogens (tertiary/aromatic N) is 1. The minimum Gasteiger partial charge on any atom is -0.396 e. The Morgan fingerprint density at radius 1 is 1.53 bits per heavy atom. The van der Waals surface area contributed by atoms with Crippen LogP contribution in [0.5, 0.6) is 0 Å². The number of hydrogen-bond acceptors (Lipinski definition) is 3. The minimum absolute atomic E-state index is 0.117. The Balaban J connectivity index is 2.79. The van der Waals surface area contributed by atoms with Crippen molar-refractivity contribution in [3.05, 3.63) is 28.8 Å². The molecule has 17 heavy (non-hydrogen) atoms. The predicted octanol–water partition coefficient (Wildman–Crippen LogP) is 3.03. The van der Waals surface area contributed by atoms with Gasteiger partial charge in [0.2, 0.25) is 0 Å². The molecule has 0 aliphatic rings. The van der Waals surface area contributed by atoms with E-state index in [2.05, 4.69) is 11.4 Å². The van der Waals surface area contributed by atoms with Gasteiger partial charge in [0, 0.05) is 12.0 Å². The molecular weight excluding hydrogens is 236 g/mol. The number of aliphatic hydroxyl groups is 1. The Morgan fingerprint density at radius 2 is 2.24 bits per heavy atom. The van der Waals surface area contributed by atoms with Crippen molar-refractivity contribution >= 4 is 17.3 Å². The van der Waals surface area contributed by atoms with Gasteiger partial charge in [0.15, 0.2) is 0 Å². The molecule has 2 N–H and O–H groups in total. The molecule has 0 spiro atoms. The quantitative estimate of drug-likeness (QED) is 0.847. The van der Waals surface area contributed by atoms with Crippen molar-refractivity contribution in [2.24, 2.45) is 5.41 Å². The standard InChI is InChI=1S/C13H17ClN2O/c1-3-13(2,9-17)8-16-12-6-10(7-15)4-5-11(12)14/h4-6,16-17H,3,8-9H2,1-2H3. The molecule has 0 saturated carbocycles. The summed E-state index contributed by atoms with van der Waals surface area (Å²) >= 11 is 6.03. The van der Waals surface area contributed by atoms with E-state index in [1.54, 1.807) is 18.2 Å². The molecule has 0 heterocycles. The summed E-state index contributed by atoms with van der Waals surface area (Å²) in [6.45, 7) is 4.77. The van der Waals surface area contributed by atoms with Crippen molar-refractivity contribution in [3.63, 3.8) is 0 Å². The highest BCUT2D eigenvalue weighted by atomic mass is 35.5. The van der Waals surface area contributed by atoms with Crippen LogP contribution in [0.1, 0.15) is 25.8 Å². The highest BCUT2D eigenvalue weighted by molar-refractivity contribution is 6.33. The summed E-state index contributed by atoms with van der Waals surface area (Å²) in [7, 11) is 0. The Hall–Kier alpha value is -1.24. The maximum Gasteiger partial charge on any atom is 0.0992 e. The molecule has 1 rings (SSSR count). The van der Waals surface area contributed by atoms with Gasteiger partial charge in [0.25, 0.3) is 0 Å². The van der Waals surface area contributed by atoms with E-state index in [0.29, 0.717) is 17.1 Å². The Kier molecular flexibility index (Phi) is 4.80. The molecule has 1 unspecified atom stereocenters. The molecule has 1 atom stereocenters. The molecule has 0 bridgehead atoms. The van der Waals surface area contributed by atoms with Gasteiger partial charge >= 0.3 is 0 Å². The van der Waals surface area contributed by atoms with Crippen LogP contribution in [0, 0.1) is 16.7 Å². The van der Waals surface area contributed by atoms with Crippen LogP contribution in [0.15, 0.2) is 18.2 Å². The number of anilines is 1. The lowest BCUT2D eigenvalue weighted by molar-refractivity contribution is 0.149. The molecular formula is C13H17ClN2O. The Labute approximate surface area is 107 Å². The lowest BCUT2D eigenvalue weighted by atomic mass is 9.88. The van der Waals surface area contributed by atoms with Crippen molar-refractivity contribution in [1.29, 1.82) is 5.26 Å². The van der Waals surface area contributed by atoms with E-state index in [1.807, 2.05) is 13.8 Å². The zero-order valence-corrected chi connectivity index (χ0v) is 10.9. The SMILES string of the molecule is CCC(C)(CO)CNc1cc(C#N)ccc1Cl. The first-order valence-electron chi connectivity index (χ1n) is 5.59. The van der Waals surface area contributed by atoms with Gasteiger partial charge in [-0.2, -0.15) is 5.26 Å². The van der Waals surface area contributed by atoms with E-state index in [-0.39, 0.29) is 12.0 Å². The van der Waals surface area contributed by atoms with Gasteiger partial charge in [-0.3, -0.25) is 0 Å². The third-order valence-electron chi connectivity index (χ3n) is 3.04. The summed E-state index contributed by atoms with van der Waals surface area (Å²) in [5, 5.41) is 21.9. The van der Waals surface area contributed by atoms with Crippen LogP contribution in [0.25, 0.3) is 0 Å². The van der Waals surface area contributed by atoms with Crippen molar-refractivity contribution in [2.75, 3.05) is 18.5 Å². The van der Waals surface area contributed by atoms with Gasteiger partial charge < -0.3 is 10.4 Å². The first-order valence-corrected chi connectivity index (χ1v) is 5.97. The smallest absolute Gasteiger partial charge is 0.0992 e. The van der Waals surface area contributed by atoms with Crippen LogP contribution >= 0.6 is 11.6 Å². The van der Waals surface area contributed by atoms with Crippen molar-refractivity contribution in [2.45, 2.75) is 20.3 Å². The van der Waals surface area contributed by atoms with Crippen LogP contribution in [-0.2, 0) is 0 Å². The maximum absolute atomic E-state index is 9.31. The van der Waals surface area contributed by atoms with Crippen LogP contribution in [-0.4, -0.2) is 18.3 Å². The van der Waals surface area contributed by atoms with E-state index in [1.165, 1.54) is 0 Å². The highest BCUT2D eigenvalue weighted by Gasteiger charge is 2.20. The van der Waals surface area contributed by atoms with E-state index < -0.39 is 0 Å². The fraction of sp³-hybridized carbons (Fsp3) is 0.462. The Bertz CT molecular complexity index is 422. The zero-order valence-electron chi connectivity index (χ0n) is 10.1. The molecule has 0 radical (unpaired) electrons. The number of hydrogen-bond donors (Lipinski definition) is 2. The molecule has 1 aromatic rings. The van der Waals surface area contributed by atoms with Crippen molar-refractivity contribution in [3.8, 4) is 6.07 Å². The lowest BCUT2D eigenvalue weighted by Gasteiger charge is -2.26. The summed E-state index contributed by atoms with van der Waals surface area (Å²) < 4.78 is 0. The van der Waals surface area contributed by atoms with Crippen LogP contribution in [0.4, 0.5) is 5.69 Å². The van der Waals surface area contributed by atoms with Gasteiger partial charge in [-0.15, -0.1) is 0 Å². The van der Waals surface area contributed by atoms with E-state index >= 15 is 0 Å². The number of nitrogens with one attached hydrogen (secondary N) is 1. The predicted molar refractivity (Wildman–Crippen MR) is 70.1 cm³/mol. The van der Waals surface area contributed by atoms with Crippen LogP contribution in [0.2, 0.25) is 5.02 Å². The molecule has 1 aromatic carbocycles. The molecule has 0 aromatic heterocycles. The number of rotatable bonds is 5. The summed E-state index contributed by atoms with van der Waals surface area (Å²) in [4.78, 5) is 0. The average Bonchev–Trinajstić information content (AvgIpc) is 2.37. The van der Waals surface area contributed by atoms with E-state index in [9.17, 15) is 5.11 Å². The number of halogens is 1. The zero-order chi connectivity index (χ0) is 12.9. The third-order valence-corrected chi connectivity index (χ3v) is 3.37. The molecule has 4 heteroatoms. The highest BCUT2D eigenvalue weighted by Crippen LogP contribution is 2.26. The fourth-order valence-electron chi connectivity index (χ4n) is 1.33. The topological polar surface area (TPSA) is 56.0 Å². The lowest BCUT2D eigenvalue weighted by Crippen LogP contribution is -2.29. The second-order valence-corrected chi connectivity index (χ2v) is 4.89. The normalized spacial score (nSPS) is 13.8. The fourth-order valence-corrected chi connectivity index (χ4v) is 1.52. The van der Waals surface area contributed by atoms with Crippen molar-refractivity contribution < 1.29 is 5.11 Å². The monoisotopic (exact) mass is 252 g/mol. The molecule has 0 saturated heterocycles. The van der Waals surface area contributed by atoms with Crippen LogP contribution < -0.4 is 5.32 Å². The summed E-state index contributed by atoms with van der Waals surface area (Å²) in [5.74, 6) is 0. The first kappa shape index (κ1) is 13.8. The largest absolute Gasteiger partial charge is 0.396 e.